The monoisotopic (exact) mass is 183 g/mol. The minimum absolute atomic E-state index is 0.421. The third kappa shape index (κ3) is 3.49. The summed E-state index contributed by atoms with van der Waals surface area (Å²) < 4.78 is 5.65. The van der Waals surface area contributed by atoms with Gasteiger partial charge in [0, 0.05) is 12.6 Å². The van der Waals surface area contributed by atoms with Crippen LogP contribution in [0.5, 0.6) is 0 Å². The van der Waals surface area contributed by atoms with Crippen LogP contribution in [0.4, 0.5) is 0 Å². The van der Waals surface area contributed by atoms with E-state index in [1.807, 2.05) is 6.08 Å². The highest BCUT2D eigenvalue weighted by atomic mass is 16.5. The van der Waals surface area contributed by atoms with Crippen molar-refractivity contribution >= 4 is 0 Å². The van der Waals surface area contributed by atoms with Gasteiger partial charge in [-0.05, 0) is 32.2 Å². The standard InChI is InChI=1S/C11H21NO/c1-3-6-10(12-8-4-2)11-7-5-9-13-11/h3,10-12H,1,4-9H2,2H3. The Kier molecular flexibility index (Phi) is 5.09. The molecule has 2 atom stereocenters. The first-order valence-corrected chi connectivity index (χ1v) is 5.34. The predicted octanol–water partition coefficient (Wildman–Crippen LogP) is 2.11. The second kappa shape index (κ2) is 6.17. The van der Waals surface area contributed by atoms with E-state index in [0.717, 1.165) is 19.6 Å². The lowest BCUT2D eigenvalue weighted by Gasteiger charge is -2.22. The number of nitrogens with one attached hydrogen (secondary N) is 1. The summed E-state index contributed by atoms with van der Waals surface area (Å²) in [6.45, 7) is 7.99. The Morgan fingerprint density at radius 1 is 1.69 bits per heavy atom. The van der Waals surface area contributed by atoms with Crippen molar-refractivity contribution in [1.82, 2.24) is 5.32 Å². The maximum Gasteiger partial charge on any atom is 0.0731 e. The second-order valence-corrected chi connectivity index (χ2v) is 3.64. The molecule has 0 spiro atoms. The van der Waals surface area contributed by atoms with Gasteiger partial charge >= 0.3 is 0 Å². The van der Waals surface area contributed by atoms with Gasteiger partial charge in [0.25, 0.3) is 0 Å². The number of rotatable bonds is 6. The minimum Gasteiger partial charge on any atom is -0.377 e. The molecule has 1 fully saturated rings. The van der Waals surface area contributed by atoms with Crippen molar-refractivity contribution < 1.29 is 4.74 Å². The lowest BCUT2D eigenvalue weighted by atomic mass is 10.0. The van der Waals surface area contributed by atoms with Gasteiger partial charge in [-0.15, -0.1) is 6.58 Å². The number of hydrogen-bond acceptors (Lipinski definition) is 2. The largest absolute Gasteiger partial charge is 0.377 e. The molecule has 1 heterocycles. The third-order valence-electron chi connectivity index (χ3n) is 2.49. The smallest absolute Gasteiger partial charge is 0.0731 e. The molecule has 0 aromatic heterocycles. The molecule has 1 aliphatic heterocycles. The van der Waals surface area contributed by atoms with Gasteiger partial charge in [-0.2, -0.15) is 0 Å². The maximum absolute atomic E-state index is 5.65. The second-order valence-electron chi connectivity index (χ2n) is 3.64. The molecule has 0 saturated carbocycles. The lowest BCUT2D eigenvalue weighted by molar-refractivity contribution is 0.0792. The van der Waals surface area contributed by atoms with Crippen molar-refractivity contribution in [2.24, 2.45) is 0 Å². The predicted molar refractivity (Wildman–Crippen MR) is 55.9 cm³/mol. The van der Waals surface area contributed by atoms with Crippen molar-refractivity contribution in [2.75, 3.05) is 13.2 Å². The number of hydrogen-bond donors (Lipinski definition) is 1. The molecule has 1 N–H and O–H groups in total. The Labute approximate surface area is 81.4 Å². The van der Waals surface area contributed by atoms with Gasteiger partial charge in [0.2, 0.25) is 0 Å². The van der Waals surface area contributed by atoms with Gasteiger partial charge < -0.3 is 10.1 Å². The van der Waals surface area contributed by atoms with Gasteiger partial charge in [-0.3, -0.25) is 0 Å². The first-order chi connectivity index (χ1) is 6.38. The molecule has 1 rings (SSSR count). The van der Waals surface area contributed by atoms with Gasteiger partial charge in [-0.1, -0.05) is 13.0 Å². The average molecular weight is 183 g/mol. The van der Waals surface area contributed by atoms with Gasteiger partial charge in [0.1, 0.15) is 0 Å². The molecule has 2 heteroatoms. The topological polar surface area (TPSA) is 21.3 Å². The first kappa shape index (κ1) is 10.7. The molecular weight excluding hydrogens is 162 g/mol. The highest BCUT2D eigenvalue weighted by Gasteiger charge is 2.23. The number of ether oxygens (including phenoxy) is 1. The maximum atomic E-state index is 5.65. The normalized spacial score (nSPS) is 24.5. The van der Waals surface area contributed by atoms with Crippen LogP contribution in [0.1, 0.15) is 32.6 Å². The highest BCUT2D eigenvalue weighted by molar-refractivity contribution is 4.86. The molecule has 13 heavy (non-hydrogen) atoms. The van der Waals surface area contributed by atoms with E-state index in [4.69, 9.17) is 4.74 Å². The minimum atomic E-state index is 0.421. The van der Waals surface area contributed by atoms with Crippen LogP contribution in [0.25, 0.3) is 0 Å². The molecule has 0 aliphatic carbocycles. The van der Waals surface area contributed by atoms with Crippen LogP contribution in [0, 0.1) is 0 Å². The van der Waals surface area contributed by atoms with E-state index in [2.05, 4.69) is 18.8 Å². The van der Waals surface area contributed by atoms with Crippen LogP contribution in [-0.2, 0) is 4.74 Å². The zero-order valence-electron chi connectivity index (χ0n) is 8.59. The van der Waals surface area contributed by atoms with Crippen molar-refractivity contribution in [1.29, 1.82) is 0 Å². The van der Waals surface area contributed by atoms with Crippen molar-refractivity contribution in [3.63, 3.8) is 0 Å². The van der Waals surface area contributed by atoms with Gasteiger partial charge in [-0.25, -0.2) is 0 Å². The summed E-state index contributed by atoms with van der Waals surface area (Å²) in [6, 6.07) is 0.486. The average Bonchev–Trinajstić information content (AvgIpc) is 2.65. The highest BCUT2D eigenvalue weighted by Crippen LogP contribution is 2.17. The van der Waals surface area contributed by atoms with Crippen LogP contribution in [-0.4, -0.2) is 25.3 Å². The zero-order valence-corrected chi connectivity index (χ0v) is 8.59. The fourth-order valence-electron chi connectivity index (χ4n) is 1.80. The van der Waals surface area contributed by atoms with Gasteiger partial charge in [0.15, 0.2) is 0 Å². The van der Waals surface area contributed by atoms with Crippen molar-refractivity contribution in [3.8, 4) is 0 Å². The van der Waals surface area contributed by atoms with Crippen LogP contribution in [0.15, 0.2) is 12.7 Å². The lowest BCUT2D eigenvalue weighted by Crippen LogP contribution is -2.39. The first-order valence-electron chi connectivity index (χ1n) is 5.34. The van der Waals surface area contributed by atoms with Crippen LogP contribution < -0.4 is 5.32 Å². The Morgan fingerprint density at radius 2 is 2.54 bits per heavy atom. The third-order valence-corrected chi connectivity index (χ3v) is 2.49. The van der Waals surface area contributed by atoms with E-state index in [9.17, 15) is 0 Å². The molecule has 2 nitrogen and oxygen atoms in total. The summed E-state index contributed by atoms with van der Waals surface area (Å²) in [7, 11) is 0. The Balaban J connectivity index is 2.30. The van der Waals surface area contributed by atoms with Crippen LogP contribution >= 0.6 is 0 Å². The molecule has 1 aliphatic rings. The summed E-state index contributed by atoms with van der Waals surface area (Å²) in [5.74, 6) is 0. The van der Waals surface area contributed by atoms with Crippen LogP contribution in [0.3, 0.4) is 0 Å². The van der Waals surface area contributed by atoms with Gasteiger partial charge in [0.05, 0.1) is 6.10 Å². The summed E-state index contributed by atoms with van der Waals surface area (Å²) in [5, 5.41) is 3.52. The zero-order chi connectivity index (χ0) is 9.52. The molecule has 0 bridgehead atoms. The summed E-state index contributed by atoms with van der Waals surface area (Å²) in [4.78, 5) is 0. The molecule has 0 aromatic rings. The molecule has 1 saturated heterocycles. The quantitative estimate of drug-likeness (QED) is 0.637. The van der Waals surface area contributed by atoms with Crippen molar-refractivity contribution in [2.45, 2.75) is 44.8 Å². The Morgan fingerprint density at radius 3 is 3.08 bits per heavy atom. The van der Waals surface area contributed by atoms with Crippen molar-refractivity contribution in [3.05, 3.63) is 12.7 Å². The van der Waals surface area contributed by atoms with E-state index in [-0.39, 0.29) is 0 Å². The Bertz CT molecular complexity index is 141. The summed E-state index contributed by atoms with van der Waals surface area (Å²) in [5.41, 5.74) is 0. The molecule has 0 radical (unpaired) electrons. The summed E-state index contributed by atoms with van der Waals surface area (Å²) in [6.07, 6.45) is 7.02. The van der Waals surface area contributed by atoms with E-state index in [0.29, 0.717) is 12.1 Å². The Hall–Kier alpha value is -0.340. The van der Waals surface area contributed by atoms with E-state index < -0.39 is 0 Å². The van der Waals surface area contributed by atoms with E-state index in [1.54, 1.807) is 0 Å². The fourth-order valence-corrected chi connectivity index (χ4v) is 1.80. The molecule has 0 aromatic carbocycles. The van der Waals surface area contributed by atoms with E-state index >= 15 is 0 Å². The summed E-state index contributed by atoms with van der Waals surface area (Å²) >= 11 is 0. The molecule has 2 unspecified atom stereocenters. The molecule has 0 amide bonds. The SMILES string of the molecule is C=CCC(NCCC)C1CCCO1. The van der Waals surface area contributed by atoms with E-state index in [1.165, 1.54) is 19.3 Å². The molecule has 76 valence electrons. The fraction of sp³-hybridized carbons (Fsp3) is 0.818. The molecular formula is C11H21NO. The van der Waals surface area contributed by atoms with Crippen LogP contribution in [0.2, 0.25) is 0 Å².